The van der Waals surface area contributed by atoms with E-state index in [9.17, 15) is 14.7 Å². The Hall–Kier alpha value is -1.40. The van der Waals surface area contributed by atoms with E-state index in [-0.39, 0.29) is 24.2 Å². The number of likely N-dealkylation sites (tertiary alicyclic amines) is 1. The van der Waals surface area contributed by atoms with Gasteiger partial charge in [0.05, 0.1) is 5.41 Å². The highest BCUT2D eigenvalue weighted by Gasteiger charge is 2.69. The highest BCUT2D eigenvalue weighted by molar-refractivity contribution is 7.10. The second kappa shape index (κ2) is 5.05. The number of hydrogen-bond acceptors (Lipinski definition) is 4. The Kier molecular flexibility index (Phi) is 3.61. The van der Waals surface area contributed by atoms with E-state index in [1.165, 1.54) is 0 Å². The van der Waals surface area contributed by atoms with Gasteiger partial charge in [0.2, 0.25) is 5.91 Å². The molecule has 2 N–H and O–H groups in total. The summed E-state index contributed by atoms with van der Waals surface area (Å²) in [5.74, 6) is -1.11. The molecule has 1 saturated carbocycles. The minimum absolute atomic E-state index is 0.0831. The number of amides is 1. The lowest BCUT2D eigenvalue weighted by Gasteiger charge is -2.37. The van der Waals surface area contributed by atoms with Crippen molar-refractivity contribution in [3.63, 3.8) is 0 Å². The van der Waals surface area contributed by atoms with Gasteiger partial charge in [-0.3, -0.25) is 4.79 Å². The molecule has 126 valence electrons. The van der Waals surface area contributed by atoms with Crippen LogP contribution in [0.15, 0.2) is 11.4 Å². The number of rotatable bonds is 3. The van der Waals surface area contributed by atoms with E-state index in [1.54, 1.807) is 16.2 Å². The lowest BCUT2D eigenvalue weighted by Crippen LogP contribution is -2.53. The molecule has 1 aliphatic heterocycles. The van der Waals surface area contributed by atoms with Gasteiger partial charge >= 0.3 is 5.97 Å². The molecule has 2 fully saturated rings. The number of carbonyl (C=O) groups is 2. The lowest BCUT2D eigenvalue weighted by atomic mass is 9.87. The molecule has 0 aromatic carbocycles. The minimum atomic E-state index is -1.69. The number of aliphatic carboxylic acids is 1. The Morgan fingerprint density at radius 2 is 1.83 bits per heavy atom. The first kappa shape index (κ1) is 16.5. The Morgan fingerprint density at radius 3 is 2.22 bits per heavy atom. The van der Waals surface area contributed by atoms with Gasteiger partial charge in [-0.15, -0.1) is 11.3 Å². The van der Waals surface area contributed by atoms with E-state index in [4.69, 9.17) is 5.11 Å². The summed E-state index contributed by atoms with van der Waals surface area (Å²) < 4.78 is 0. The molecule has 1 saturated heterocycles. The van der Waals surface area contributed by atoms with Crippen LogP contribution in [0.5, 0.6) is 0 Å². The molecule has 0 unspecified atom stereocenters. The van der Waals surface area contributed by atoms with Crippen LogP contribution in [0.25, 0.3) is 0 Å². The molecule has 1 aliphatic carbocycles. The molecular weight excluding hydrogens is 314 g/mol. The Bertz CT molecular complexity index is 657. The van der Waals surface area contributed by atoms with Crippen molar-refractivity contribution in [1.82, 2.24) is 4.90 Å². The molecule has 1 amide bonds. The van der Waals surface area contributed by atoms with E-state index in [0.717, 1.165) is 16.9 Å². The Morgan fingerprint density at radius 1 is 1.26 bits per heavy atom. The minimum Gasteiger partial charge on any atom is -0.479 e. The third-order valence-electron chi connectivity index (χ3n) is 5.63. The van der Waals surface area contributed by atoms with Crippen molar-refractivity contribution in [2.24, 2.45) is 5.41 Å². The fourth-order valence-corrected chi connectivity index (χ4v) is 5.14. The van der Waals surface area contributed by atoms with Gasteiger partial charge in [0.25, 0.3) is 0 Å². The predicted molar refractivity (Wildman–Crippen MR) is 87.5 cm³/mol. The topological polar surface area (TPSA) is 77.8 Å². The maximum Gasteiger partial charge on any atom is 0.335 e. The number of carboxylic acid groups (broad SMARTS) is 1. The van der Waals surface area contributed by atoms with Crippen molar-refractivity contribution in [3.05, 3.63) is 21.9 Å². The maximum atomic E-state index is 13.2. The van der Waals surface area contributed by atoms with Gasteiger partial charge in [0.1, 0.15) is 0 Å². The SMILES string of the molecule is Cc1ccsc1[C@]1(C(=O)N2CCC(O)(C(=O)O)CC2)CC1(C)C. The van der Waals surface area contributed by atoms with Gasteiger partial charge in [-0.25, -0.2) is 4.79 Å². The fourth-order valence-electron chi connectivity index (χ4n) is 3.84. The number of nitrogens with zero attached hydrogens (tertiary/aromatic N) is 1. The molecule has 0 bridgehead atoms. The summed E-state index contributed by atoms with van der Waals surface area (Å²) in [6.45, 7) is 6.85. The van der Waals surface area contributed by atoms with E-state index in [0.29, 0.717) is 13.1 Å². The van der Waals surface area contributed by atoms with Crippen LogP contribution in [0.3, 0.4) is 0 Å². The molecule has 1 atom stereocenters. The average Bonchev–Trinajstić information content (AvgIpc) is 2.82. The lowest BCUT2D eigenvalue weighted by molar-refractivity contribution is -0.165. The summed E-state index contributed by atoms with van der Waals surface area (Å²) in [6, 6.07) is 2.04. The highest BCUT2D eigenvalue weighted by atomic mass is 32.1. The molecule has 1 aromatic heterocycles. The second-order valence-electron chi connectivity index (χ2n) is 7.53. The zero-order valence-corrected chi connectivity index (χ0v) is 14.6. The molecule has 2 aliphatic rings. The van der Waals surface area contributed by atoms with Crippen molar-refractivity contribution >= 4 is 23.2 Å². The summed E-state index contributed by atoms with van der Waals surface area (Å²) in [6.07, 6.45) is 1.00. The first-order chi connectivity index (χ1) is 10.6. The standard InChI is InChI=1S/C17H23NO4S/c1-11-4-9-23-12(11)17(10-15(17,2)3)13(19)18-7-5-16(22,6-8-18)14(20)21/h4,9,22H,5-8,10H2,1-3H3,(H,20,21)/t17-/m0/s1. The van der Waals surface area contributed by atoms with Crippen molar-refractivity contribution in [3.8, 4) is 0 Å². The molecule has 23 heavy (non-hydrogen) atoms. The molecule has 6 heteroatoms. The fraction of sp³-hybridized carbons (Fsp3) is 0.647. The van der Waals surface area contributed by atoms with E-state index in [2.05, 4.69) is 13.8 Å². The summed E-state index contributed by atoms with van der Waals surface area (Å²) in [7, 11) is 0. The first-order valence-electron chi connectivity index (χ1n) is 7.94. The quantitative estimate of drug-likeness (QED) is 0.886. The van der Waals surface area contributed by atoms with Gasteiger partial charge in [0.15, 0.2) is 5.60 Å². The van der Waals surface area contributed by atoms with Crippen LogP contribution >= 0.6 is 11.3 Å². The molecule has 2 heterocycles. The number of carboxylic acids is 1. The van der Waals surface area contributed by atoms with E-state index in [1.807, 2.05) is 18.4 Å². The van der Waals surface area contributed by atoms with Gasteiger partial charge in [-0.2, -0.15) is 0 Å². The maximum absolute atomic E-state index is 13.2. The Balaban J connectivity index is 1.83. The van der Waals surface area contributed by atoms with Gasteiger partial charge < -0.3 is 15.1 Å². The van der Waals surface area contributed by atoms with Crippen LogP contribution < -0.4 is 0 Å². The number of aliphatic hydroxyl groups is 1. The molecule has 0 radical (unpaired) electrons. The van der Waals surface area contributed by atoms with Crippen molar-refractivity contribution in [1.29, 1.82) is 0 Å². The molecule has 5 nitrogen and oxygen atoms in total. The van der Waals surface area contributed by atoms with Crippen LogP contribution in [0.4, 0.5) is 0 Å². The summed E-state index contributed by atoms with van der Waals surface area (Å²) in [5, 5.41) is 21.2. The van der Waals surface area contributed by atoms with Crippen molar-refractivity contribution < 1.29 is 19.8 Å². The Labute approximate surface area is 139 Å². The zero-order valence-electron chi connectivity index (χ0n) is 13.8. The molecule has 3 rings (SSSR count). The van der Waals surface area contributed by atoms with Crippen LogP contribution in [0.1, 0.15) is 43.6 Å². The number of piperidine rings is 1. The number of aryl methyl sites for hydroxylation is 1. The summed E-state index contributed by atoms with van der Waals surface area (Å²) in [5.41, 5.74) is -1.11. The second-order valence-corrected chi connectivity index (χ2v) is 8.44. The normalized spacial score (nSPS) is 28.4. The predicted octanol–water partition coefficient (Wildman–Crippen LogP) is 2.16. The summed E-state index contributed by atoms with van der Waals surface area (Å²) >= 11 is 1.63. The average molecular weight is 337 g/mol. The molecule has 0 spiro atoms. The third-order valence-corrected chi connectivity index (χ3v) is 6.81. The molecular formula is C17H23NO4S. The monoisotopic (exact) mass is 337 g/mol. The third kappa shape index (κ3) is 2.31. The van der Waals surface area contributed by atoms with Gasteiger partial charge in [-0.05, 0) is 35.8 Å². The van der Waals surface area contributed by atoms with Crippen LogP contribution in [0.2, 0.25) is 0 Å². The largest absolute Gasteiger partial charge is 0.479 e. The van der Waals surface area contributed by atoms with Gasteiger partial charge in [-0.1, -0.05) is 13.8 Å². The van der Waals surface area contributed by atoms with Crippen LogP contribution in [0, 0.1) is 12.3 Å². The highest BCUT2D eigenvalue weighted by Crippen LogP contribution is 2.66. The van der Waals surface area contributed by atoms with Gasteiger partial charge in [0, 0.05) is 30.8 Å². The summed E-state index contributed by atoms with van der Waals surface area (Å²) in [4.78, 5) is 27.3. The first-order valence-corrected chi connectivity index (χ1v) is 8.82. The van der Waals surface area contributed by atoms with E-state index < -0.39 is 17.0 Å². The van der Waals surface area contributed by atoms with Crippen molar-refractivity contribution in [2.45, 2.75) is 51.0 Å². The number of thiophene rings is 1. The van der Waals surface area contributed by atoms with Crippen LogP contribution in [-0.4, -0.2) is 45.7 Å². The molecule has 1 aromatic rings. The van der Waals surface area contributed by atoms with Crippen molar-refractivity contribution in [2.75, 3.05) is 13.1 Å². The number of carbonyl (C=O) groups excluding carboxylic acids is 1. The van der Waals surface area contributed by atoms with E-state index >= 15 is 0 Å². The number of hydrogen-bond donors (Lipinski definition) is 2. The van der Waals surface area contributed by atoms with Crippen LogP contribution in [-0.2, 0) is 15.0 Å². The smallest absolute Gasteiger partial charge is 0.335 e. The zero-order chi connectivity index (χ0) is 17.0.